The Hall–Kier alpha value is -4.16. The lowest BCUT2D eigenvalue weighted by atomic mass is 9.81. The molecular formula is C39H34. The topological polar surface area (TPSA) is 0 Å². The van der Waals surface area contributed by atoms with E-state index >= 15 is 0 Å². The second kappa shape index (κ2) is 9.54. The molecule has 6 aromatic carbocycles. The van der Waals surface area contributed by atoms with Crippen LogP contribution in [0.15, 0.2) is 115 Å². The normalized spacial score (nSPS) is 13.1. The third-order valence-electron chi connectivity index (χ3n) is 8.85. The minimum atomic E-state index is 0.484. The van der Waals surface area contributed by atoms with Gasteiger partial charge < -0.3 is 0 Å². The number of aryl methyl sites for hydroxylation is 1. The molecule has 6 aromatic rings. The van der Waals surface area contributed by atoms with E-state index in [-0.39, 0.29) is 0 Å². The second-order valence-corrected chi connectivity index (χ2v) is 11.6. The first-order valence-corrected chi connectivity index (χ1v) is 14.3. The van der Waals surface area contributed by atoms with Gasteiger partial charge in [-0.3, -0.25) is 0 Å². The highest BCUT2D eigenvalue weighted by atomic mass is 14.3. The SMILES string of the molecule is Cc1cc2c(cc1-c1cccc3ccccc13)Cc1cc(CC(c3cccc4ccccc34)C(C)C)ccc1-2. The summed E-state index contributed by atoms with van der Waals surface area (Å²) in [6.07, 6.45) is 2.08. The predicted octanol–water partition coefficient (Wildman–Crippen LogP) is 10.5. The van der Waals surface area contributed by atoms with Gasteiger partial charge in [0.05, 0.1) is 0 Å². The Morgan fingerprint density at radius 1 is 0.564 bits per heavy atom. The zero-order valence-corrected chi connectivity index (χ0v) is 23.0. The van der Waals surface area contributed by atoms with Crippen LogP contribution in [0.1, 0.15) is 47.6 Å². The van der Waals surface area contributed by atoms with Crippen LogP contribution in [-0.2, 0) is 12.8 Å². The Morgan fingerprint density at radius 3 is 2.03 bits per heavy atom. The van der Waals surface area contributed by atoms with Crippen molar-refractivity contribution in [1.29, 1.82) is 0 Å². The van der Waals surface area contributed by atoms with E-state index < -0.39 is 0 Å². The largest absolute Gasteiger partial charge is 0.0622 e. The summed E-state index contributed by atoms with van der Waals surface area (Å²) in [6.45, 7) is 7.00. The molecule has 0 fully saturated rings. The van der Waals surface area contributed by atoms with E-state index in [2.05, 4.69) is 136 Å². The maximum Gasteiger partial charge on any atom is -0.00131 e. The van der Waals surface area contributed by atoms with Crippen LogP contribution < -0.4 is 0 Å². The molecule has 0 bridgehead atoms. The zero-order chi connectivity index (χ0) is 26.5. The molecule has 0 heterocycles. The van der Waals surface area contributed by atoms with Gasteiger partial charge in [0.2, 0.25) is 0 Å². The van der Waals surface area contributed by atoms with Gasteiger partial charge in [0.15, 0.2) is 0 Å². The van der Waals surface area contributed by atoms with Crippen LogP contribution in [0.4, 0.5) is 0 Å². The van der Waals surface area contributed by atoms with Crippen molar-refractivity contribution in [2.75, 3.05) is 0 Å². The monoisotopic (exact) mass is 502 g/mol. The van der Waals surface area contributed by atoms with Crippen LogP contribution in [0.25, 0.3) is 43.8 Å². The Labute approximate surface area is 232 Å². The van der Waals surface area contributed by atoms with E-state index in [1.54, 1.807) is 0 Å². The molecule has 0 saturated carbocycles. The van der Waals surface area contributed by atoms with Crippen LogP contribution in [0.3, 0.4) is 0 Å². The highest BCUT2D eigenvalue weighted by Crippen LogP contribution is 2.43. The summed E-state index contributed by atoms with van der Waals surface area (Å²) in [5.41, 5.74) is 12.7. The van der Waals surface area contributed by atoms with Crippen LogP contribution in [0.2, 0.25) is 0 Å². The zero-order valence-electron chi connectivity index (χ0n) is 23.0. The van der Waals surface area contributed by atoms with Crippen molar-refractivity contribution < 1.29 is 0 Å². The fraction of sp³-hybridized carbons (Fsp3) is 0.179. The number of fused-ring (bicyclic) bond motifs is 5. The third-order valence-corrected chi connectivity index (χ3v) is 8.85. The molecule has 1 aliphatic rings. The predicted molar refractivity (Wildman–Crippen MR) is 168 cm³/mol. The molecule has 0 radical (unpaired) electrons. The molecule has 0 amide bonds. The van der Waals surface area contributed by atoms with Crippen molar-refractivity contribution in [3.05, 3.63) is 143 Å². The van der Waals surface area contributed by atoms with Crippen molar-refractivity contribution in [2.24, 2.45) is 5.92 Å². The van der Waals surface area contributed by atoms with E-state index in [4.69, 9.17) is 0 Å². The van der Waals surface area contributed by atoms with Gasteiger partial charge in [0, 0.05) is 0 Å². The molecule has 7 rings (SSSR count). The lowest BCUT2D eigenvalue weighted by Crippen LogP contribution is -2.11. The third kappa shape index (κ3) is 4.16. The van der Waals surface area contributed by atoms with Gasteiger partial charge in [-0.1, -0.05) is 123 Å². The quantitative estimate of drug-likeness (QED) is 0.220. The first kappa shape index (κ1) is 23.9. The Morgan fingerprint density at radius 2 is 1.23 bits per heavy atom. The van der Waals surface area contributed by atoms with E-state index in [9.17, 15) is 0 Å². The summed E-state index contributed by atoms with van der Waals surface area (Å²) in [5, 5.41) is 5.36. The molecule has 0 aliphatic heterocycles. The molecule has 0 heteroatoms. The molecular weight excluding hydrogens is 468 g/mol. The Bertz CT molecular complexity index is 1840. The van der Waals surface area contributed by atoms with E-state index in [1.165, 1.54) is 71.6 Å². The summed E-state index contributed by atoms with van der Waals surface area (Å²) in [5.74, 6) is 1.05. The molecule has 1 atom stereocenters. The van der Waals surface area contributed by atoms with Gasteiger partial charge in [-0.05, 0) is 109 Å². The van der Waals surface area contributed by atoms with Gasteiger partial charge in [-0.2, -0.15) is 0 Å². The standard InChI is InChI=1S/C39H34/c1-25(2)37(35-16-8-12-28-10-4-6-14-32(28)35)22-27-18-19-34-30(21-27)23-31-24-38(26(3)20-39(31)34)36-17-9-13-29-11-5-7-15-33(29)36/h4-21,24-25,37H,22-23H2,1-3H3. The number of hydrogen-bond acceptors (Lipinski definition) is 0. The van der Waals surface area contributed by atoms with Crippen molar-refractivity contribution in [3.8, 4) is 22.3 Å². The summed E-state index contributed by atoms with van der Waals surface area (Å²) >= 11 is 0. The highest BCUT2D eigenvalue weighted by Gasteiger charge is 2.23. The van der Waals surface area contributed by atoms with Crippen molar-refractivity contribution >= 4 is 21.5 Å². The average Bonchev–Trinajstić information content (AvgIpc) is 3.31. The van der Waals surface area contributed by atoms with E-state index in [1.807, 2.05) is 0 Å². The Balaban J connectivity index is 1.23. The van der Waals surface area contributed by atoms with Crippen LogP contribution in [0, 0.1) is 12.8 Å². The first-order valence-electron chi connectivity index (χ1n) is 14.3. The Kier molecular flexibility index (Phi) is 5.85. The van der Waals surface area contributed by atoms with E-state index in [0.717, 1.165) is 12.8 Å². The number of hydrogen-bond donors (Lipinski definition) is 0. The molecule has 0 saturated heterocycles. The lowest BCUT2D eigenvalue weighted by molar-refractivity contribution is 0.498. The molecule has 1 aliphatic carbocycles. The maximum absolute atomic E-state index is 2.49. The maximum atomic E-state index is 2.49. The van der Waals surface area contributed by atoms with Gasteiger partial charge in [-0.25, -0.2) is 0 Å². The average molecular weight is 503 g/mol. The van der Waals surface area contributed by atoms with Gasteiger partial charge in [0.1, 0.15) is 0 Å². The fourth-order valence-corrected chi connectivity index (χ4v) is 6.82. The molecule has 0 nitrogen and oxygen atoms in total. The summed E-state index contributed by atoms with van der Waals surface area (Å²) in [6, 6.07) is 43.2. The molecule has 1 unspecified atom stereocenters. The van der Waals surface area contributed by atoms with Crippen LogP contribution in [0.5, 0.6) is 0 Å². The van der Waals surface area contributed by atoms with Gasteiger partial charge in [-0.15, -0.1) is 0 Å². The molecule has 0 N–H and O–H groups in total. The van der Waals surface area contributed by atoms with Crippen molar-refractivity contribution in [2.45, 2.75) is 39.5 Å². The smallest absolute Gasteiger partial charge is 0.00131 e. The lowest BCUT2D eigenvalue weighted by Gasteiger charge is -2.23. The molecule has 0 aromatic heterocycles. The molecule has 190 valence electrons. The summed E-state index contributed by atoms with van der Waals surface area (Å²) in [4.78, 5) is 0. The first-order chi connectivity index (χ1) is 19.1. The van der Waals surface area contributed by atoms with E-state index in [0.29, 0.717) is 11.8 Å². The number of rotatable bonds is 5. The molecule has 0 spiro atoms. The summed E-state index contributed by atoms with van der Waals surface area (Å²) < 4.78 is 0. The second-order valence-electron chi connectivity index (χ2n) is 11.6. The van der Waals surface area contributed by atoms with Crippen molar-refractivity contribution in [1.82, 2.24) is 0 Å². The fourth-order valence-electron chi connectivity index (χ4n) is 6.82. The molecule has 39 heavy (non-hydrogen) atoms. The minimum absolute atomic E-state index is 0.484. The highest BCUT2D eigenvalue weighted by molar-refractivity contribution is 5.98. The van der Waals surface area contributed by atoms with Crippen LogP contribution >= 0.6 is 0 Å². The van der Waals surface area contributed by atoms with Crippen molar-refractivity contribution in [3.63, 3.8) is 0 Å². The van der Waals surface area contributed by atoms with Gasteiger partial charge >= 0.3 is 0 Å². The minimum Gasteiger partial charge on any atom is -0.0622 e. The van der Waals surface area contributed by atoms with Gasteiger partial charge in [0.25, 0.3) is 0 Å². The number of benzene rings is 6. The summed E-state index contributed by atoms with van der Waals surface area (Å²) in [7, 11) is 0. The van der Waals surface area contributed by atoms with Crippen LogP contribution in [-0.4, -0.2) is 0 Å².